The van der Waals surface area contributed by atoms with Crippen molar-refractivity contribution >= 4 is 17.8 Å². The molecule has 2 aromatic rings. The Labute approximate surface area is 211 Å². The predicted octanol–water partition coefficient (Wildman–Crippen LogP) is 2.65. The number of hydrogen-bond donors (Lipinski definition) is 3. The molecule has 2 heterocycles. The number of hydrogen-bond acceptors (Lipinski definition) is 7. The highest BCUT2D eigenvalue weighted by Crippen LogP contribution is 2.35. The van der Waals surface area contributed by atoms with Crippen molar-refractivity contribution in [1.82, 2.24) is 15.2 Å². The summed E-state index contributed by atoms with van der Waals surface area (Å²) in [5.41, 5.74) is 8.82. The van der Waals surface area contributed by atoms with Crippen molar-refractivity contribution in [2.75, 3.05) is 13.7 Å². The summed E-state index contributed by atoms with van der Waals surface area (Å²) in [6.07, 6.45) is 5.09. The number of aromatic nitrogens is 1. The van der Waals surface area contributed by atoms with Gasteiger partial charge in [0, 0.05) is 32.5 Å². The minimum Gasteiger partial charge on any atom is -0.390 e. The number of aliphatic hydroxyl groups is 1. The third kappa shape index (κ3) is 4.99. The van der Waals surface area contributed by atoms with Crippen LogP contribution in [-0.4, -0.2) is 58.1 Å². The number of carbonyl (C=O) groups excluding carboxylic acids is 2. The topological polar surface area (TPSA) is 130 Å². The first-order valence-electron chi connectivity index (χ1n) is 12.5. The molecule has 0 bridgehead atoms. The van der Waals surface area contributed by atoms with Crippen LogP contribution in [0.5, 0.6) is 0 Å². The zero-order valence-electron chi connectivity index (χ0n) is 21.1. The van der Waals surface area contributed by atoms with Gasteiger partial charge < -0.3 is 20.9 Å². The van der Waals surface area contributed by atoms with Gasteiger partial charge in [0.15, 0.2) is 5.96 Å². The van der Waals surface area contributed by atoms with Crippen LogP contribution in [0, 0.1) is 0 Å². The molecule has 4 N–H and O–H groups in total. The first kappa shape index (κ1) is 25.8. The van der Waals surface area contributed by atoms with E-state index in [4.69, 9.17) is 15.5 Å². The van der Waals surface area contributed by atoms with E-state index in [9.17, 15) is 14.7 Å². The quantitative estimate of drug-likeness (QED) is 0.492. The van der Waals surface area contributed by atoms with Crippen molar-refractivity contribution in [2.45, 2.75) is 69.7 Å². The summed E-state index contributed by atoms with van der Waals surface area (Å²) in [7, 11) is 1.60. The number of methoxy groups -OCH3 is 1. The molecular weight excluding hydrogens is 458 g/mol. The Balaban J connectivity index is 1.61. The summed E-state index contributed by atoms with van der Waals surface area (Å²) >= 11 is 0. The molecule has 2 amide bonds. The highest BCUT2D eigenvalue weighted by Gasteiger charge is 2.40. The largest absolute Gasteiger partial charge is 0.390 e. The third-order valence-electron chi connectivity index (χ3n) is 7.47. The molecule has 1 aliphatic carbocycles. The molecule has 0 saturated heterocycles. The van der Waals surface area contributed by atoms with Crippen LogP contribution < -0.4 is 11.1 Å². The van der Waals surface area contributed by atoms with Gasteiger partial charge in [0.1, 0.15) is 0 Å². The molecule has 192 valence electrons. The van der Waals surface area contributed by atoms with Crippen molar-refractivity contribution in [1.29, 1.82) is 0 Å². The van der Waals surface area contributed by atoms with Gasteiger partial charge in [-0.05, 0) is 42.0 Å². The van der Waals surface area contributed by atoms with Crippen molar-refractivity contribution in [2.24, 2.45) is 10.7 Å². The van der Waals surface area contributed by atoms with Crippen LogP contribution in [0.15, 0.2) is 47.7 Å². The molecular formula is C27H35N5O4. The van der Waals surface area contributed by atoms with Crippen molar-refractivity contribution in [3.63, 3.8) is 0 Å². The lowest BCUT2D eigenvalue weighted by Gasteiger charge is -2.40. The number of aliphatic imine (C=N–C) groups is 1. The van der Waals surface area contributed by atoms with Gasteiger partial charge in [-0.1, -0.05) is 38.1 Å². The molecule has 0 fully saturated rings. The number of nitrogens with zero attached hydrogens (tertiary/aromatic N) is 3. The number of ether oxygens (including phenoxy) is 1. The SMILES string of the molecule is CCC1(CC)CC(=O)N(C(CCOC)c2cncc(C(=O)NC3c4ccccc4C[C@H]3O)c2)C(N)=N1. The minimum atomic E-state index is -0.698. The second-order valence-corrected chi connectivity index (χ2v) is 9.57. The Morgan fingerprint density at radius 3 is 2.75 bits per heavy atom. The van der Waals surface area contributed by atoms with Gasteiger partial charge in [-0.2, -0.15) is 0 Å². The maximum absolute atomic E-state index is 13.3. The highest BCUT2D eigenvalue weighted by atomic mass is 16.5. The Morgan fingerprint density at radius 1 is 1.31 bits per heavy atom. The van der Waals surface area contributed by atoms with E-state index in [0.717, 1.165) is 24.0 Å². The summed E-state index contributed by atoms with van der Waals surface area (Å²) in [6.45, 7) is 4.41. The fourth-order valence-corrected chi connectivity index (χ4v) is 5.23. The smallest absolute Gasteiger partial charge is 0.253 e. The van der Waals surface area contributed by atoms with Gasteiger partial charge in [0.05, 0.1) is 35.7 Å². The summed E-state index contributed by atoms with van der Waals surface area (Å²) < 4.78 is 5.30. The monoisotopic (exact) mass is 493 g/mol. The molecule has 2 unspecified atom stereocenters. The number of nitrogens with one attached hydrogen (secondary N) is 1. The molecule has 9 nitrogen and oxygen atoms in total. The van der Waals surface area contributed by atoms with E-state index in [0.29, 0.717) is 30.6 Å². The molecule has 0 radical (unpaired) electrons. The molecule has 0 saturated carbocycles. The van der Waals surface area contributed by atoms with E-state index in [1.165, 1.54) is 11.1 Å². The van der Waals surface area contributed by atoms with Gasteiger partial charge in [0.25, 0.3) is 5.91 Å². The lowest BCUT2D eigenvalue weighted by molar-refractivity contribution is -0.131. The number of fused-ring (bicyclic) bond motifs is 1. The number of guanidine groups is 1. The minimum absolute atomic E-state index is 0.104. The van der Waals surface area contributed by atoms with Gasteiger partial charge in [-0.25, -0.2) is 4.99 Å². The van der Waals surface area contributed by atoms with E-state index in [1.807, 2.05) is 38.1 Å². The fourth-order valence-electron chi connectivity index (χ4n) is 5.23. The maximum atomic E-state index is 13.3. The van der Waals surface area contributed by atoms with Crippen LogP contribution in [0.1, 0.15) is 78.7 Å². The first-order valence-corrected chi connectivity index (χ1v) is 12.5. The number of benzene rings is 1. The lowest BCUT2D eigenvalue weighted by Crippen LogP contribution is -2.52. The van der Waals surface area contributed by atoms with E-state index in [2.05, 4.69) is 10.3 Å². The van der Waals surface area contributed by atoms with Crippen LogP contribution in [0.3, 0.4) is 0 Å². The Hall–Kier alpha value is -3.30. The molecule has 4 rings (SSSR count). The number of aliphatic hydroxyl groups excluding tert-OH is 1. The average Bonchev–Trinajstić information content (AvgIpc) is 3.20. The molecule has 2 aliphatic rings. The van der Waals surface area contributed by atoms with Crippen LogP contribution >= 0.6 is 0 Å². The number of nitrogens with two attached hydrogens (primary N) is 1. The molecule has 3 atom stereocenters. The summed E-state index contributed by atoms with van der Waals surface area (Å²) in [6, 6.07) is 8.44. The summed E-state index contributed by atoms with van der Waals surface area (Å²) in [4.78, 5) is 37.0. The molecule has 1 aromatic carbocycles. The second-order valence-electron chi connectivity index (χ2n) is 9.57. The molecule has 1 aliphatic heterocycles. The number of pyridine rings is 1. The zero-order chi connectivity index (χ0) is 25.9. The summed E-state index contributed by atoms with van der Waals surface area (Å²) in [5, 5.41) is 13.5. The maximum Gasteiger partial charge on any atom is 0.253 e. The fraction of sp³-hybridized carbons (Fsp3) is 0.481. The molecule has 1 aromatic heterocycles. The molecule has 36 heavy (non-hydrogen) atoms. The number of rotatable bonds is 9. The normalized spacial score (nSPS) is 21.6. The van der Waals surface area contributed by atoms with E-state index in [1.54, 1.807) is 19.4 Å². The average molecular weight is 494 g/mol. The van der Waals surface area contributed by atoms with Crippen LogP contribution in [0.4, 0.5) is 0 Å². The Bertz CT molecular complexity index is 1150. The van der Waals surface area contributed by atoms with Crippen LogP contribution in [-0.2, 0) is 16.0 Å². The third-order valence-corrected chi connectivity index (χ3v) is 7.47. The Kier molecular flexibility index (Phi) is 7.70. The molecule has 0 spiro atoms. The standard InChI is InChI=1S/C27H35N5O4/c1-4-27(5-2)14-23(34)32(26(28)31-27)21(10-11-36-3)18-12-19(16-29-15-18)25(35)30-24-20-9-7-6-8-17(20)13-22(24)33/h6-9,12,15-16,21-22,24,33H,4-5,10-11,13-14H2,1-3H3,(H2,28,31)(H,30,35)/t21?,22-,24?/m1/s1. The van der Waals surface area contributed by atoms with Crippen molar-refractivity contribution in [3.8, 4) is 0 Å². The zero-order valence-corrected chi connectivity index (χ0v) is 21.1. The van der Waals surface area contributed by atoms with Gasteiger partial charge in [-0.15, -0.1) is 0 Å². The van der Waals surface area contributed by atoms with Gasteiger partial charge in [-0.3, -0.25) is 19.5 Å². The predicted molar refractivity (Wildman–Crippen MR) is 136 cm³/mol. The van der Waals surface area contributed by atoms with Gasteiger partial charge >= 0.3 is 0 Å². The Morgan fingerprint density at radius 2 is 2.06 bits per heavy atom. The first-order chi connectivity index (χ1) is 17.3. The van der Waals surface area contributed by atoms with Crippen molar-refractivity contribution in [3.05, 3.63) is 65.0 Å². The van der Waals surface area contributed by atoms with E-state index in [-0.39, 0.29) is 24.2 Å². The van der Waals surface area contributed by atoms with E-state index >= 15 is 0 Å². The van der Waals surface area contributed by atoms with Crippen molar-refractivity contribution < 1.29 is 19.4 Å². The van der Waals surface area contributed by atoms with Gasteiger partial charge in [0.2, 0.25) is 5.91 Å². The number of carbonyl (C=O) groups is 2. The van der Waals surface area contributed by atoms with Crippen LogP contribution in [0.2, 0.25) is 0 Å². The lowest BCUT2D eigenvalue weighted by atomic mass is 9.87. The van der Waals surface area contributed by atoms with Crippen LogP contribution in [0.25, 0.3) is 0 Å². The van der Waals surface area contributed by atoms with E-state index < -0.39 is 23.7 Å². The number of amides is 2. The molecule has 9 heteroatoms. The highest BCUT2D eigenvalue weighted by molar-refractivity contribution is 5.99. The summed E-state index contributed by atoms with van der Waals surface area (Å²) in [5.74, 6) is -0.275. The second kappa shape index (κ2) is 10.8.